The van der Waals surface area contributed by atoms with E-state index < -0.39 is 0 Å². The molecule has 0 spiro atoms. The molecule has 0 aliphatic carbocycles. The maximum atomic E-state index is 5.87. The highest BCUT2D eigenvalue weighted by Gasteiger charge is 2.16. The summed E-state index contributed by atoms with van der Waals surface area (Å²) in [5.41, 5.74) is 6.93. The molecule has 0 atom stereocenters. The first-order valence-corrected chi connectivity index (χ1v) is 5.97. The quantitative estimate of drug-likeness (QED) is 0.830. The molecule has 0 amide bonds. The van der Waals surface area contributed by atoms with Gasteiger partial charge in [0.25, 0.3) is 0 Å². The monoisotopic (exact) mass is 222 g/mol. The molecular formula is C12H22N4. The Hall–Kier alpha value is -1.32. The molecule has 0 bridgehead atoms. The third-order valence-corrected chi connectivity index (χ3v) is 3.13. The summed E-state index contributed by atoms with van der Waals surface area (Å²) in [6.07, 6.45) is 4.63. The van der Waals surface area contributed by atoms with E-state index in [4.69, 9.17) is 5.73 Å². The van der Waals surface area contributed by atoms with Gasteiger partial charge in [-0.25, -0.2) is 9.97 Å². The SMILES string of the molecule is CCc1c(N)ncnc1N(C)C(CC)CC. The van der Waals surface area contributed by atoms with E-state index in [2.05, 4.69) is 42.7 Å². The summed E-state index contributed by atoms with van der Waals surface area (Å²) in [6.45, 7) is 6.47. The fraction of sp³-hybridized carbons (Fsp3) is 0.667. The van der Waals surface area contributed by atoms with E-state index in [9.17, 15) is 0 Å². The van der Waals surface area contributed by atoms with E-state index in [1.807, 2.05) is 0 Å². The Bertz CT molecular complexity index is 334. The minimum Gasteiger partial charge on any atom is -0.383 e. The van der Waals surface area contributed by atoms with Crippen molar-refractivity contribution in [3.63, 3.8) is 0 Å². The number of aromatic nitrogens is 2. The molecule has 0 aromatic carbocycles. The average Bonchev–Trinajstić information content (AvgIpc) is 2.30. The van der Waals surface area contributed by atoms with Gasteiger partial charge in [0.2, 0.25) is 0 Å². The molecule has 0 aliphatic rings. The number of hydrogen-bond donors (Lipinski definition) is 1. The van der Waals surface area contributed by atoms with Gasteiger partial charge in [-0.2, -0.15) is 0 Å². The lowest BCUT2D eigenvalue weighted by Gasteiger charge is -2.29. The summed E-state index contributed by atoms with van der Waals surface area (Å²) < 4.78 is 0. The topological polar surface area (TPSA) is 55.0 Å². The number of rotatable bonds is 5. The van der Waals surface area contributed by atoms with Crippen molar-refractivity contribution in [1.82, 2.24) is 9.97 Å². The second-order valence-corrected chi connectivity index (χ2v) is 4.00. The molecule has 1 aromatic rings. The van der Waals surface area contributed by atoms with Crippen LogP contribution in [0.15, 0.2) is 6.33 Å². The van der Waals surface area contributed by atoms with E-state index >= 15 is 0 Å². The predicted octanol–water partition coefficient (Wildman–Crippen LogP) is 2.25. The molecular weight excluding hydrogens is 200 g/mol. The van der Waals surface area contributed by atoms with Crippen LogP contribution in [0.25, 0.3) is 0 Å². The van der Waals surface area contributed by atoms with Crippen LogP contribution in [-0.2, 0) is 6.42 Å². The van der Waals surface area contributed by atoms with Gasteiger partial charge < -0.3 is 10.6 Å². The van der Waals surface area contributed by atoms with Crippen molar-refractivity contribution in [3.05, 3.63) is 11.9 Å². The molecule has 90 valence electrons. The smallest absolute Gasteiger partial charge is 0.137 e. The molecule has 0 fully saturated rings. The summed E-state index contributed by atoms with van der Waals surface area (Å²) in [5, 5.41) is 0. The van der Waals surface area contributed by atoms with Gasteiger partial charge in [0.15, 0.2) is 0 Å². The van der Waals surface area contributed by atoms with Gasteiger partial charge in [-0.1, -0.05) is 20.8 Å². The van der Waals surface area contributed by atoms with Crippen molar-refractivity contribution in [3.8, 4) is 0 Å². The second kappa shape index (κ2) is 5.68. The molecule has 4 heteroatoms. The van der Waals surface area contributed by atoms with Crippen molar-refractivity contribution in [2.45, 2.75) is 46.1 Å². The van der Waals surface area contributed by atoms with Crippen molar-refractivity contribution in [1.29, 1.82) is 0 Å². The van der Waals surface area contributed by atoms with Crippen LogP contribution in [0.2, 0.25) is 0 Å². The maximum absolute atomic E-state index is 5.87. The van der Waals surface area contributed by atoms with Crippen molar-refractivity contribution in [2.24, 2.45) is 0 Å². The molecule has 1 aromatic heterocycles. The van der Waals surface area contributed by atoms with Gasteiger partial charge in [0.1, 0.15) is 18.0 Å². The number of nitrogen functional groups attached to an aromatic ring is 1. The van der Waals surface area contributed by atoms with Crippen molar-refractivity contribution >= 4 is 11.6 Å². The molecule has 2 N–H and O–H groups in total. The second-order valence-electron chi connectivity index (χ2n) is 4.00. The van der Waals surface area contributed by atoms with Crippen LogP contribution in [0, 0.1) is 0 Å². The van der Waals surface area contributed by atoms with Gasteiger partial charge >= 0.3 is 0 Å². The first-order valence-electron chi connectivity index (χ1n) is 5.97. The van der Waals surface area contributed by atoms with Gasteiger partial charge in [0.05, 0.1) is 0 Å². The van der Waals surface area contributed by atoms with E-state index in [1.54, 1.807) is 6.33 Å². The van der Waals surface area contributed by atoms with Crippen molar-refractivity contribution < 1.29 is 0 Å². The summed E-state index contributed by atoms with van der Waals surface area (Å²) in [6, 6.07) is 0.514. The van der Waals surface area contributed by atoms with Crippen LogP contribution in [0.5, 0.6) is 0 Å². The minimum atomic E-state index is 0.514. The Morgan fingerprint density at radius 1 is 1.25 bits per heavy atom. The van der Waals surface area contributed by atoms with Gasteiger partial charge in [-0.15, -0.1) is 0 Å². The molecule has 0 unspecified atom stereocenters. The van der Waals surface area contributed by atoms with E-state index in [0.717, 1.165) is 30.6 Å². The van der Waals surface area contributed by atoms with E-state index in [-0.39, 0.29) is 0 Å². The predicted molar refractivity (Wildman–Crippen MR) is 68.6 cm³/mol. The number of hydrogen-bond acceptors (Lipinski definition) is 4. The van der Waals surface area contributed by atoms with Crippen LogP contribution < -0.4 is 10.6 Å². The number of nitrogens with two attached hydrogens (primary N) is 1. The van der Waals surface area contributed by atoms with Crippen LogP contribution in [0.3, 0.4) is 0 Å². The lowest BCUT2D eigenvalue weighted by atomic mass is 10.1. The molecule has 0 saturated carbocycles. The zero-order valence-electron chi connectivity index (χ0n) is 10.7. The lowest BCUT2D eigenvalue weighted by Crippen LogP contribution is -2.32. The highest BCUT2D eigenvalue weighted by atomic mass is 15.2. The minimum absolute atomic E-state index is 0.514. The Kier molecular flexibility index (Phi) is 4.52. The molecule has 1 rings (SSSR count). The summed E-state index contributed by atoms with van der Waals surface area (Å²) in [4.78, 5) is 10.6. The van der Waals surface area contributed by atoms with Crippen LogP contribution in [0.4, 0.5) is 11.6 Å². The highest BCUT2D eigenvalue weighted by molar-refractivity contribution is 5.56. The summed E-state index contributed by atoms with van der Waals surface area (Å²) in [7, 11) is 2.08. The van der Waals surface area contributed by atoms with E-state index in [1.165, 1.54) is 0 Å². The number of nitrogens with zero attached hydrogens (tertiary/aromatic N) is 3. The third-order valence-electron chi connectivity index (χ3n) is 3.13. The largest absolute Gasteiger partial charge is 0.383 e. The highest BCUT2D eigenvalue weighted by Crippen LogP contribution is 2.24. The summed E-state index contributed by atoms with van der Waals surface area (Å²) >= 11 is 0. The molecule has 0 radical (unpaired) electrons. The first-order chi connectivity index (χ1) is 7.65. The fourth-order valence-corrected chi connectivity index (χ4v) is 2.07. The molecule has 16 heavy (non-hydrogen) atoms. The lowest BCUT2D eigenvalue weighted by molar-refractivity contribution is 0.584. The zero-order chi connectivity index (χ0) is 12.1. The Labute approximate surface area is 97.9 Å². The molecule has 0 saturated heterocycles. The summed E-state index contributed by atoms with van der Waals surface area (Å²) in [5.74, 6) is 1.58. The van der Waals surface area contributed by atoms with Gasteiger partial charge in [-0.3, -0.25) is 0 Å². The average molecular weight is 222 g/mol. The number of anilines is 2. The molecule has 1 heterocycles. The Morgan fingerprint density at radius 2 is 1.88 bits per heavy atom. The van der Waals surface area contributed by atoms with E-state index in [0.29, 0.717) is 11.9 Å². The zero-order valence-corrected chi connectivity index (χ0v) is 10.7. The molecule has 0 aliphatic heterocycles. The van der Waals surface area contributed by atoms with Crippen molar-refractivity contribution in [2.75, 3.05) is 17.7 Å². The van der Waals surface area contributed by atoms with Crippen LogP contribution in [-0.4, -0.2) is 23.1 Å². The van der Waals surface area contributed by atoms with Crippen LogP contribution in [0.1, 0.15) is 39.2 Å². The Morgan fingerprint density at radius 3 is 2.38 bits per heavy atom. The van der Waals surface area contributed by atoms with Gasteiger partial charge in [0, 0.05) is 18.7 Å². The standard InChI is InChI=1S/C12H22N4/c1-5-9(6-2)16(4)12-10(7-3)11(13)14-8-15-12/h8-9H,5-7H2,1-4H3,(H2,13,14,15). The first kappa shape index (κ1) is 12.7. The maximum Gasteiger partial charge on any atom is 0.137 e. The Balaban J connectivity index is 3.07. The molecule has 4 nitrogen and oxygen atoms in total. The normalized spacial score (nSPS) is 10.8. The fourth-order valence-electron chi connectivity index (χ4n) is 2.07. The van der Waals surface area contributed by atoms with Crippen LogP contribution >= 0.6 is 0 Å². The van der Waals surface area contributed by atoms with Gasteiger partial charge in [-0.05, 0) is 19.3 Å². The third kappa shape index (κ3) is 2.43.